The highest BCUT2D eigenvalue weighted by molar-refractivity contribution is 6.02. The maximum atomic E-state index is 9.53. The number of hydrogen-bond donors (Lipinski definition) is 0. The summed E-state index contributed by atoms with van der Waals surface area (Å²) in [4.78, 5) is 18.2. The van der Waals surface area contributed by atoms with Crippen LogP contribution < -0.4 is 9.80 Å². The van der Waals surface area contributed by atoms with Crippen molar-refractivity contribution in [2.45, 2.75) is 20.3 Å². The molecule has 0 bridgehead atoms. The predicted octanol–water partition coefficient (Wildman–Crippen LogP) is 5.14. The lowest BCUT2D eigenvalue weighted by atomic mass is 10.1. The predicted molar refractivity (Wildman–Crippen MR) is 144 cm³/mol. The van der Waals surface area contributed by atoms with Crippen LogP contribution in [0, 0.1) is 18.3 Å². The molecule has 8 heteroatoms. The van der Waals surface area contributed by atoms with E-state index >= 15 is 0 Å². The van der Waals surface area contributed by atoms with Crippen LogP contribution in [0.4, 0.5) is 11.7 Å². The number of hydrogen-bond acceptors (Lipinski definition) is 7. The number of aryl methyl sites for hydroxylation is 2. The number of nitrogens with zero attached hydrogens (tertiary/aromatic N) is 7. The van der Waals surface area contributed by atoms with Crippen molar-refractivity contribution in [2.75, 3.05) is 36.0 Å². The minimum atomic E-state index is 0.358. The quantitative estimate of drug-likeness (QED) is 0.338. The van der Waals surface area contributed by atoms with E-state index in [1.165, 1.54) is 5.56 Å². The molecule has 5 aromatic rings. The van der Waals surface area contributed by atoms with E-state index < -0.39 is 0 Å². The Balaban J connectivity index is 1.40. The van der Waals surface area contributed by atoms with E-state index in [0.717, 1.165) is 46.8 Å². The lowest BCUT2D eigenvalue weighted by Gasteiger charge is -2.35. The number of rotatable bonds is 5. The molecule has 1 aliphatic rings. The van der Waals surface area contributed by atoms with Gasteiger partial charge in [0.1, 0.15) is 18.2 Å². The summed E-state index contributed by atoms with van der Waals surface area (Å²) in [6, 6.07) is 21.1. The molecule has 0 N–H and O–H groups in total. The Morgan fingerprint density at radius 1 is 0.946 bits per heavy atom. The van der Waals surface area contributed by atoms with Crippen LogP contribution in [0.25, 0.3) is 27.8 Å². The van der Waals surface area contributed by atoms with Gasteiger partial charge in [0.05, 0.1) is 5.39 Å². The molecule has 0 aliphatic carbocycles. The molecule has 8 nitrogen and oxygen atoms in total. The van der Waals surface area contributed by atoms with Crippen molar-refractivity contribution >= 4 is 22.7 Å². The molecule has 4 heterocycles. The summed E-state index contributed by atoms with van der Waals surface area (Å²) in [6.45, 7) is 6.96. The summed E-state index contributed by atoms with van der Waals surface area (Å²) in [5.41, 5.74) is 5.74. The van der Waals surface area contributed by atoms with Crippen LogP contribution in [-0.2, 0) is 6.42 Å². The molecule has 0 radical (unpaired) electrons. The second-order valence-corrected chi connectivity index (χ2v) is 9.21. The highest BCUT2D eigenvalue weighted by Crippen LogP contribution is 2.37. The normalized spacial score (nSPS) is 13.8. The van der Waals surface area contributed by atoms with E-state index in [4.69, 9.17) is 14.4 Å². The Bertz CT molecular complexity index is 1590. The van der Waals surface area contributed by atoms with Gasteiger partial charge in [-0.15, -0.1) is 0 Å². The monoisotopic (exact) mass is 489 g/mol. The van der Waals surface area contributed by atoms with E-state index in [0.29, 0.717) is 37.0 Å². The fraction of sp³-hybridized carbons (Fsp3) is 0.241. The Labute approximate surface area is 215 Å². The third-order valence-electron chi connectivity index (χ3n) is 6.89. The van der Waals surface area contributed by atoms with E-state index in [9.17, 15) is 5.26 Å². The van der Waals surface area contributed by atoms with Crippen LogP contribution in [-0.4, -0.2) is 45.7 Å². The summed E-state index contributed by atoms with van der Waals surface area (Å²) < 4.78 is 8.04. The summed E-state index contributed by atoms with van der Waals surface area (Å²) in [7, 11) is 0. The standard InChI is InChI=1S/C29H27N7O/c1-3-25-33-24(17-30)29(37-25)35-15-13-34(14-16-35)27-26-23(21-7-5-4-6-8-21)18-36(28(26)32-19-31-27)22-11-9-20(2)10-12-22/h4-12,18-19H,3,13-16H2,1-2H3. The molecule has 1 saturated heterocycles. The SMILES string of the molecule is CCc1nc(C#N)c(N2CCN(c3ncnc4c3c(-c3ccccc3)cn4-c3ccc(C)cc3)CC2)o1. The molecule has 0 amide bonds. The van der Waals surface area contributed by atoms with Crippen LogP contribution in [0.15, 0.2) is 71.5 Å². The topological polar surface area (TPSA) is 87.0 Å². The van der Waals surface area contributed by atoms with Gasteiger partial charge in [-0.1, -0.05) is 55.0 Å². The molecule has 6 rings (SSSR count). The Kier molecular flexibility index (Phi) is 5.81. The van der Waals surface area contributed by atoms with Crippen molar-refractivity contribution in [3.05, 3.63) is 84.3 Å². The van der Waals surface area contributed by atoms with Crippen LogP contribution in [0.3, 0.4) is 0 Å². The fourth-order valence-electron chi connectivity index (χ4n) is 4.94. The largest absolute Gasteiger partial charge is 0.424 e. The highest BCUT2D eigenvalue weighted by atomic mass is 16.4. The van der Waals surface area contributed by atoms with Crippen molar-refractivity contribution in [3.8, 4) is 22.9 Å². The zero-order valence-electron chi connectivity index (χ0n) is 20.9. The zero-order valence-corrected chi connectivity index (χ0v) is 20.9. The molecule has 0 atom stereocenters. The smallest absolute Gasteiger partial charge is 0.234 e. The fourth-order valence-corrected chi connectivity index (χ4v) is 4.94. The zero-order chi connectivity index (χ0) is 25.4. The van der Waals surface area contributed by atoms with Crippen molar-refractivity contribution in [1.29, 1.82) is 5.26 Å². The number of fused-ring (bicyclic) bond motifs is 1. The van der Waals surface area contributed by atoms with Gasteiger partial charge in [-0.3, -0.25) is 0 Å². The molecule has 1 aliphatic heterocycles. The number of oxazole rings is 1. The third-order valence-corrected chi connectivity index (χ3v) is 6.89. The van der Waals surface area contributed by atoms with E-state index in [1.54, 1.807) is 6.33 Å². The summed E-state index contributed by atoms with van der Waals surface area (Å²) in [5.74, 6) is 2.08. The van der Waals surface area contributed by atoms with Gasteiger partial charge in [-0.25, -0.2) is 15.0 Å². The first-order valence-electron chi connectivity index (χ1n) is 12.5. The molecule has 0 unspecified atom stereocenters. The first-order chi connectivity index (χ1) is 18.2. The van der Waals surface area contributed by atoms with Gasteiger partial charge in [0, 0.05) is 50.0 Å². The number of benzene rings is 2. The lowest BCUT2D eigenvalue weighted by molar-refractivity contribution is 0.481. The van der Waals surface area contributed by atoms with Gasteiger partial charge >= 0.3 is 0 Å². The number of anilines is 2. The average molecular weight is 490 g/mol. The van der Waals surface area contributed by atoms with Crippen molar-refractivity contribution < 1.29 is 4.42 Å². The number of aromatic nitrogens is 4. The van der Waals surface area contributed by atoms with Gasteiger partial charge < -0.3 is 18.8 Å². The van der Waals surface area contributed by atoms with Crippen LogP contribution in [0.1, 0.15) is 24.1 Å². The second-order valence-electron chi connectivity index (χ2n) is 9.21. The molecule has 0 spiro atoms. The van der Waals surface area contributed by atoms with E-state index in [1.807, 2.05) is 13.0 Å². The Morgan fingerprint density at radius 3 is 2.38 bits per heavy atom. The average Bonchev–Trinajstić information content (AvgIpc) is 3.56. The second kappa shape index (κ2) is 9.43. The summed E-state index contributed by atoms with van der Waals surface area (Å²) in [5, 5.41) is 10.6. The first-order valence-corrected chi connectivity index (χ1v) is 12.5. The maximum absolute atomic E-state index is 9.53. The van der Waals surface area contributed by atoms with Gasteiger partial charge in [0.2, 0.25) is 11.6 Å². The molecular weight excluding hydrogens is 462 g/mol. The molecule has 0 saturated carbocycles. The van der Waals surface area contributed by atoms with Gasteiger partial charge in [0.25, 0.3) is 0 Å². The van der Waals surface area contributed by atoms with Gasteiger partial charge in [-0.05, 0) is 24.6 Å². The molecule has 37 heavy (non-hydrogen) atoms. The summed E-state index contributed by atoms with van der Waals surface area (Å²) in [6.07, 6.45) is 4.48. The third kappa shape index (κ3) is 4.08. The molecule has 2 aromatic carbocycles. The van der Waals surface area contributed by atoms with Crippen molar-refractivity contribution in [1.82, 2.24) is 19.5 Å². The first kappa shape index (κ1) is 22.8. The van der Waals surface area contributed by atoms with E-state index in [2.05, 4.69) is 87.1 Å². The van der Waals surface area contributed by atoms with Crippen LogP contribution >= 0.6 is 0 Å². The molecular formula is C29H27N7O. The number of piperazine rings is 1. The molecule has 3 aromatic heterocycles. The lowest BCUT2D eigenvalue weighted by Crippen LogP contribution is -2.47. The Morgan fingerprint density at radius 2 is 1.68 bits per heavy atom. The Hall–Kier alpha value is -4.64. The van der Waals surface area contributed by atoms with Gasteiger partial charge in [-0.2, -0.15) is 5.26 Å². The minimum Gasteiger partial charge on any atom is -0.424 e. The van der Waals surface area contributed by atoms with Crippen molar-refractivity contribution in [3.63, 3.8) is 0 Å². The molecule has 1 fully saturated rings. The van der Waals surface area contributed by atoms with Gasteiger partial charge in [0.15, 0.2) is 11.5 Å². The highest BCUT2D eigenvalue weighted by Gasteiger charge is 2.27. The maximum Gasteiger partial charge on any atom is 0.234 e. The van der Waals surface area contributed by atoms with Crippen LogP contribution in [0.2, 0.25) is 0 Å². The summed E-state index contributed by atoms with van der Waals surface area (Å²) >= 11 is 0. The van der Waals surface area contributed by atoms with Crippen LogP contribution in [0.5, 0.6) is 0 Å². The molecule has 184 valence electrons. The van der Waals surface area contributed by atoms with E-state index in [-0.39, 0.29) is 0 Å². The van der Waals surface area contributed by atoms with Crippen molar-refractivity contribution in [2.24, 2.45) is 0 Å². The minimum absolute atomic E-state index is 0.358. The number of nitriles is 1.